The number of rotatable bonds is 5. The van der Waals surface area contributed by atoms with Gasteiger partial charge in [0.25, 0.3) is 0 Å². The third-order valence-corrected chi connectivity index (χ3v) is 5.46. The van der Waals surface area contributed by atoms with Gasteiger partial charge in [-0.05, 0) is 6.92 Å². The lowest BCUT2D eigenvalue weighted by molar-refractivity contribution is -0.142. The summed E-state index contributed by atoms with van der Waals surface area (Å²) in [6.45, 7) is 9.69. The first-order chi connectivity index (χ1) is 13.1. The number of likely N-dealkylation sites (tertiary alicyclic amines) is 1. The Kier molecular flexibility index (Phi) is 5.22. The minimum Gasteiger partial charge on any atom is -0.379 e. The number of benzene rings is 1. The lowest BCUT2D eigenvalue weighted by atomic mass is 10.0. The number of aromatic nitrogens is 3. The summed E-state index contributed by atoms with van der Waals surface area (Å²) in [7, 11) is 0. The minimum absolute atomic E-state index is 0.0166. The number of aryl methyl sites for hydroxylation is 1. The molecule has 1 amide bonds. The van der Waals surface area contributed by atoms with Gasteiger partial charge in [-0.1, -0.05) is 42.0 Å². The summed E-state index contributed by atoms with van der Waals surface area (Å²) in [4.78, 5) is 16.9. The lowest BCUT2D eigenvalue weighted by Gasteiger charge is -2.41. The van der Waals surface area contributed by atoms with E-state index in [4.69, 9.17) is 4.74 Å². The van der Waals surface area contributed by atoms with Crippen LogP contribution in [0.1, 0.15) is 18.5 Å². The van der Waals surface area contributed by atoms with Crippen LogP contribution < -0.4 is 0 Å². The molecule has 0 bridgehead atoms. The average Bonchev–Trinajstić information content (AvgIpc) is 3.11. The SMILES string of the molecule is Cc1ccc(-c2cn(C3CN(C(=O)C(C)CN4CCOCC4)C3)nn2)cc1. The number of morpholine rings is 1. The van der Waals surface area contributed by atoms with Crippen LogP contribution in [-0.4, -0.2) is 76.6 Å². The maximum atomic E-state index is 12.7. The smallest absolute Gasteiger partial charge is 0.226 e. The molecule has 27 heavy (non-hydrogen) atoms. The Bertz CT molecular complexity index is 776. The molecule has 1 aromatic heterocycles. The van der Waals surface area contributed by atoms with Crippen LogP contribution >= 0.6 is 0 Å². The molecule has 2 aromatic rings. The summed E-state index contributed by atoms with van der Waals surface area (Å²) in [6, 6.07) is 8.50. The van der Waals surface area contributed by atoms with Crippen molar-refractivity contribution in [2.75, 3.05) is 45.9 Å². The van der Waals surface area contributed by atoms with Crippen molar-refractivity contribution < 1.29 is 9.53 Å². The number of amides is 1. The molecule has 1 aromatic carbocycles. The van der Waals surface area contributed by atoms with Crippen LogP contribution in [0, 0.1) is 12.8 Å². The highest BCUT2D eigenvalue weighted by atomic mass is 16.5. The second-order valence-corrected chi connectivity index (χ2v) is 7.66. The van der Waals surface area contributed by atoms with Crippen molar-refractivity contribution in [3.63, 3.8) is 0 Å². The van der Waals surface area contributed by atoms with Crippen molar-refractivity contribution in [3.8, 4) is 11.3 Å². The maximum absolute atomic E-state index is 12.7. The van der Waals surface area contributed by atoms with Crippen molar-refractivity contribution in [1.29, 1.82) is 0 Å². The molecule has 2 saturated heterocycles. The van der Waals surface area contributed by atoms with Gasteiger partial charge in [0.05, 0.1) is 25.5 Å². The fourth-order valence-corrected chi connectivity index (χ4v) is 3.68. The zero-order valence-corrected chi connectivity index (χ0v) is 16.0. The molecule has 144 valence electrons. The van der Waals surface area contributed by atoms with Crippen LogP contribution in [0.3, 0.4) is 0 Å². The van der Waals surface area contributed by atoms with Crippen LogP contribution in [0.15, 0.2) is 30.5 Å². The molecule has 0 spiro atoms. The number of nitrogens with zero attached hydrogens (tertiary/aromatic N) is 5. The molecule has 4 rings (SSSR count). The molecule has 0 aliphatic carbocycles. The summed E-state index contributed by atoms with van der Waals surface area (Å²) < 4.78 is 7.27. The van der Waals surface area contributed by atoms with Gasteiger partial charge in [0, 0.05) is 44.2 Å². The Morgan fingerprint density at radius 3 is 2.63 bits per heavy atom. The van der Waals surface area contributed by atoms with Crippen LogP contribution in [0.2, 0.25) is 0 Å². The standard InChI is InChI=1S/C20H27N5O2/c1-15-3-5-17(6-4-15)19-14-25(22-21-19)18-12-24(13-18)20(26)16(2)11-23-7-9-27-10-8-23/h3-6,14,16,18H,7-13H2,1-2H3. The maximum Gasteiger partial charge on any atom is 0.226 e. The number of hydrogen-bond donors (Lipinski definition) is 0. The van der Waals surface area contributed by atoms with E-state index in [1.165, 1.54) is 5.56 Å². The third-order valence-electron chi connectivity index (χ3n) is 5.46. The van der Waals surface area contributed by atoms with Gasteiger partial charge >= 0.3 is 0 Å². The molecule has 0 N–H and O–H groups in total. The molecular formula is C20H27N5O2. The van der Waals surface area contributed by atoms with Crippen molar-refractivity contribution in [2.24, 2.45) is 5.92 Å². The Morgan fingerprint density at radius 1 is 1.22 bits per heavy atom. The minimum atomic E-state index is 0.0166. The zero-order chi connectivity index (χ0) is 18.8. The van der Waals surface area contributed by atoms with E-state index in [-0.39, 0.29) is 17.9 Å². The molecule has 7 heteroatoms. The summed E-state index contributed by atoms with van der Waals surface area (Å²) in [5.41, 5.74) is 3.17. The molecule has 2 aliphatic heterocycles. The van der Waals surface area contributed by atoms with Gasteiger partial charge < -0.3 is 9.64 Å². The highest BCUT2D eigenvalue weighted by Crippen LogP contribution is 2.25. The Hall–Kier alpha value is -2.25. The van der Waals surface area contributed by atoms with E-state index in [0.29, 0.717) is 13.1 Å². The van der Waals surface area contributed by atoms with E-state index in [1.807, 2.05) is 22.7 Å². The molecule has 1 unspecified atom stereocenters. The first kappa shape index (κ1) is 18.1. The van der Waals surface area contributed by atoms with Gasteiger partial charge in [-0.3, -0.25) is 9.69 Å². The molecule has 2 aliphatic rings. The molecule has 0 saturated carbocycles. The Balaban J connectivity index is 1.30. The second kappa shape index (κ2) is 7.78. The van der Waals surface area contributed by atoms with Gasteiger partial charge in [-0.25, -0.2) is 4.68 Å². The molecular weight excluding hydrogens is 342 g/mol. The quantitative estimate of drug-likeness (QED) is 0.801. The van der Waals surface area contributed by atoms with Crippen molar-refractivity contribution in [3.05, 3.63) is 36.0 Å². The Morgan fingerprint density at radius 2 is 1.93 bits per heavy atom. The summed E-state index contributed by atoms with van der Waals surface area (Å²) in [6.07, 6.45) is 1.98. The van der Waals surface area contributed by atoms with Gasteiger partial charge in [0.1, 0.15) is 5.69 Å². The highest BCUT2D eigenvalue weighted by Gasteiger charge is 2.35. The van der Waals surface area contributed by atoms with Gasteiger partial charge in [0.2, 0.25) is 5.91 Å². The van der Waals surface area contributed by atoms with Crippen LogP contribution in [0.25, 0.3) is 11.3 Å². The van der Waals surface area contributed by atoms with Gasteiger partial charge in [0.15, 0.2) is 0 Å². The zero-order valence-electron chi connectivity index (χ0n) is 16.0. The van der Waals surface area contributed by atoms with Crippen molar-refractivity contribution in [2.45, 2.75) is 19.9 Å². The number of carbonyl (C=O) groups excluding carboxylic acids is 1. The predicted octanol–water partition coefficient (Wildman–Crippen LogP) is 1.61. The van der Waals surface area contributed by atoms with E-state index in [1.54, 1.807) is 0 Å². The van der Waals surface area contributed by atoms with E-state index in [0.717, 1.165) is 44.1 Å². The lowest BCUT2D eigenvalue weighted by Crippen LogP contribution is -2.54. The van der Waals surface area contributed by atoms with Gasteiger partial charge in [-0.15, -0.1) is 5.10 Å². The topological polar surface area (TPSA) is 63.5 Å². The molecule has 0 radical (unpaired) electrons. The second-order valence-electron chi connectivity index (χ2n) is 7.66. The van der Waals surface area contributed by atoms with Crippen molar-refractivity contribution >= 4 is 5.91 Å². The largest absolute Gasteiger partial charge is 0.379 e. The first-order valence-corrected chi connectivity index (χ1v) is 9.68. The number of hydrogen-bond acceptors (Lipinski definition) is 5. The van der Waals surface area contributed by atoms with Crippen LogP contribution in [0.4, 0.5) is 0 Å². The fraction of sp³-hybridized carbons (Fsp3) is 0.550. The molecule has 1 atom stereocenters. The van der Waals surface area contributed by atoms with E-state index in [2.05, 4.69) is 46.4 Å². The highest BCUT2D eigenvalue weighted by molar-refractivity contribution is 5.79. The molecule has 3 heterocycles. The molecule has 7 nitrogen and oxygen atoms in total. The summed E-state index contributed by atoms with van der Waals surface area (Å²) >= 11 is 0. The van der Waals surface area contributed by atoms with E-state index in [9.17, 15) is 4.79 Å². The number of ether oxygens (including phenoxy) is 1. The van der Waals surface area contributed by atoms with Crippen LogP contribution in [0.5, 0.6) is 0 Å². The van der Waals surface area contributed by atoms with Crippen molar-refractivity contribution in [1.82, 2.24) is 24.8 Å². The first-order valence-electron chi connectivity index (χ1n) is 9.68. The van der Waals surface area contributed by atoms with Gasteiger partial charge in [-0.2, -0.15) is 0 Å². The van der Waals surface area contributed by atoms with Crippen LogP contribution in [-0.2, 0) is 9.53 Å². The van der Waals surface area contributed by atoms with E-state index >= 15 is 0 Å². The monoisotopic (exact) mass is 369 g/mol. The average molecular weight is 369 g/mol. The summed E-state index contributed by atoms with van der Waals surface area (Å²) in [5, 5.41) is 8.57. The summed E-state index contributed by atoms with van der Waals surface area (Å²) in [5.74, 6) is 0.250. The third kappa shape index (κ3) is 4.04. The predicted molar refractivity (Wildman–Crippen MR) is 102 cm³/mol. The molecule has 2 fully saturated rings. The Labute approximate surface area is 159 Å². The van der Waals surface area contributed by atoms with E-state index < -0.39 is 0 Å². The number of carbonyl (C=O) groups is 1. The fourth-order valence-electron chi connectivity index (χ4n) is 3.68. The normalized spacial score (nSPS) is 19.7.